The van der Waals surface area contributed by atoms with E-state index in [2.05, 4.69) is 72.6 Å². The van der Waals surface area contributed by atoms with E-state index in [1.165, 1.54) is 16.7 Å². The number of hydrogen-bond acceptors (Lipinski definition) is 3. The lowest BCUT2D eigenvalue weighted by atomic mass is 9.98. The summed E-state index contributed by atoms with van der Waals surface area (Å²) in [6.07, 6.45) is 2.08. The van der Waals surface area contributed by atoms with Crippen molar-refractivity contribution in [1.29, 1.82) is 0 Å². The van der Waals surface area contributed by atoms with Gasteiger partial charge in [0.15, 0.2) is 0 Å². The van der Waals surface area contributed by atoms with Crippen molar-refractivity contribution in [3.8, 4) is 22.4 Å². The first kappa shape index (κ1) is 17.0. The number of aryl methyl sites for hydroxylation is 1. The molecule has 0 bridgehead atoms. The van der Waals surface area contributed by atoms with E-state index in [1.807, 2.05) is 4.68 Å². The van der Waals surface area contributed by atoms with Gasteiger partial charge in [-0.3, -0.25) is 9.58 Å². The van der Waals surface area contributed by atoms with Crippen LogP contribution < -0.4 is 0 Å². The van der Waals surface area contributed by atoms with Crippen molar-refractivity contribution in [2.45, 2.75) is 13.5 Å². The Balaban J connectivity index is 1.49. The lowest BCUT2D eigenvalue weighted by Gasteiger charge is -2.26. The maximum atomic E-state index is 5.41. The Hall–Kier alpha value is -2.43. The van der Waals surface area contributed by atoms with Crippen molar-refractivity contribution in [2.75, 3.05) is 32.8 Å². The van der Waals surface area contributed by atoms with Crippen molar-refractivity contribution in [3.63, 3.8) is 0 Å². The second-order valence-electron chi connectivity index (χ2n) is 6.81. The number of hydrogen-bond donors (Lipinski definition) is 0. The molecule has 0 N–H and O–H groups in total. The summed E-state index contributed by atoms with van der Waals surface area (Å²) in [6, 6.07) is 19.3. The molecule has 0 spiro atoms. The summed E-state index contributed by atoms with van der Waals surface area (Å²) in [7, 11) is 0. The number of morpholine rings is 1. The summed E-state index contributed by atoms with van der Waals surface area (Å²) in [5, 5.41) is 4.78. The first-order valence-electron chi connectivity index (χ1n) is 9.29. The Morgan fingerprint density at radius 3 is 2.58 bits per heavy atom. The molecule has 4 nitrogen and oxygen atoms in total. The molecule has 1 saturated heterocycles. The van der Waals surface area contributed by atoms with Crippen molar-refractivity contribution in [3.05, 3.63) is 66.4 Å². The summed E-state index contributed by atoms with van der Waals surface area (Å²) in [4.78, 5) is 2.43. The lowest BCUT2D eigenvalue weighted by Crippen LogP contribution is -2.38. The third kappa shape index (κ3) is 3.87. The fraction of sp³-hybridized carbons (Fsp3) is 0.318. The number of ether oxygens (including phenoxy) is 1. The molecule has 1 aromatic heterocycles. The van der Waals surface area contributed by atoms with Crippen LogP contribution >= 0.6 is 0 Å². The third-order valence-corrected chi connectivity index (χ3v) is 5.00. The van der Waals surface area contributed by atoms with Gasteiger partial charge in [0.1, 0.15) is 0 Å². The van der Waals surface area contributed by atoms with Crippen LogP contribution in [0.25, 0.3) is 22.4 Å². The number of benzene rings is 2. The van der Waals surface area contributed by atoms with Gasteiger partial charge in [-0.25, -0.2) is 0 Å². The zero-order chi connectivity index (χ0) is 17.8. The molecule has 0 aliphatic carbocycles. The summed E-state index contributed by atoms with van der Waals surface area (Å²) in [5.41, 5.74) is 6.00. The standard InChI is InChI=1S/C22H25N3O/c1-18-5-2-3-8-21(18)19-6-4-7-20(17-19)22-9-10-25(23-22)12-11-24-13-15-26-16-14-24/h2-10,17H,11-16H2,1H3. The molecule has 134 valence electrons. The van der Waals surface area contributed by atoms with Gasteiger partial charge in [-0.15, -0.1) is 0 Å². The van der Waals surface area contributed by atoms with E-state index in [-0.39, 0.29) is 0 Å². The SMILES string of the molecule is Cc1ccccc1-c1cccc(-c2ccn(CCN3CCOCC3)n2)c1. The largest absolute Gasteiger partial charge is 0.379 e. The average molecular weight is 347 g/mol. The molecular weight excluding hydrogens is 322 g/mol. The molecular formula is C22H25N3O. The normalized spacial score (nSPS) is 15.3. The predicted molar refractivity (Wildman–Crippen MR) is 105 cm³/mol. The molecule has 2 aromatic carbocycles. The van der Waals surface area contributed by atoms with Gasteiger partial charge in [-0.1, -0.05) is 42.5 Å². The summed E-state index contributed by atoms with van der Waals surface area (Å²) in [6.45, 7) is 7.82. The van der Waals surface area contributed by atoms with Crippen molar-refractivity contribution < 1.29 is 4.74 Å². The van der Waals surface area contributed by atoms with Crippen LogP contribution in [0.3, 0.4) is 0 Å². The molecule has 0 radical (unpaired) electrons. The van der Waals surface area contributed by atoms with Gasteiger partial charge < -0.3 is 4.74 Å². The highest BCUT2D eigenvalue weighted by atomic mass is 16.5. The smallest absolute Gasteiger partial charge is 0.0923 e. The van der Waals surface area contributed by atoms with Crippen LogP contribution in [0, 0.1) is 6.92 Å². The summed E-state index contributed by atoms with van der Waals surface area (Å²) >= 11 is 0. The molecule has 26 heavy (non-hydrogen) atoms. The van der Waals surface area contributed by atoms with Crippen molar-refractivity contribution in [2.24, 2.45) is 0 Å². The van der Waals surface area contributed by atoms with Gasteiger partial charge in [-0.05, 0) is 35.7 Å². The Morgan fingerprint density at radius 1 is 0.923 bits per heavy atom. The minimum absolute atomic E-state index is 0.843. The van der Waals surface area contributed by atoms with E-state index in [9.17, 15) is 0 Å². The third-order valence-electron chi connectivity index (χ3n) is 5.00. The molecule has 1 fully saturated rings. The Labute approximate surface area is 155 Å². The number of aromatic nitrogens is 2. The molecule has 0 atom stereocenters. The van der Waals surface area contributed by atoms with Crippen molar-refractivity contribution in [1.82, 2.24) is 14.7 Å². The highest BCUT2D eigenvalue weighted by Gasteiger charge is 2.11. The molecule has 2 heterocycles. The molecule has 1 aliphatic rings. The first-order valence-corrected chi connectivity index (χ1v) is 9.29. The molecule has 4 heteroatoms. The minimum atomic E-state index is 0.843. The molecule has 0 unspecified atom stereocenters. The summed E-state index contributed by atoms with van der Waals surface area (Å²) < 4.78 is 7.45. The fourth-order valence-electron chi connectivity index (χ4n) is 3.45. The Bertz CT molecular complexity index is 865. The fourth-order valence-corrected chi connectivity index (χ4v) is 3.45. The molecule has 0 saturated carbocycles. The van der Waals surface area contributed by atoms with E-state index >= 15 is 0 Å². The van der Waals surface area contributed by atoms with E-state index < -0.39 is 0 Å². The maximum absolute atomic E-state index is 5.41. The molecule has 3 aromatic rings. The first-order chi connectivity index (χ1) is 12.8. The monoisotopic (exact) mass is 347 g/mol. The van der Waals surface area contributed by atoms with Crippen LogP contribution in [-0.2, 0) is 11.3 Å². The van der Waals surface area contributed by atoms with Gasteiger partial charge in [0.25, 0.3) is 0 Å². The second-order valence-corrected chi connectivity index (χ2v) is 6.81. The highest BCUT2D eigenvalue weighted by Crippen LogP contribution is 2.27. The van der Waals surface area contributed by atoms with Gasteiger partial charge >= 0.3 is 0 Å². The van der Waals surface area contributed by atoms with Gasteiger partial charge in [0.05, 0.1) is 25.5 Å². The topological polar surface area (TPSA) is 30.3 Å². The lowest BCUT2D eigenvalue weighted by molar-refractivity contribution is 0.0360. The van der Waals surface area contributed by atoms with E-state index in [4.69, 9.17) is 9.84 Å². The Morgan fingerprint density at radius 2 is 1.73 bits per heavy atom. The van der Waals surface area contributed by atoms with Crippen LogP contribution in [0.2, 0.25) is 0 Å². The second kappa shape index (κ2) is 7.85. The Kier molecular flexibility index (Phi) is 5.14. The van der Waals surface area contributed by atoms with E-state index in [0.29, 0.717) is 0 Å². The van der Waals surface area contributed by atoms with E-state index in [0.717, 1.165) is 50.7 Å². The van der Waals surface area contributed by atoms with Crippen molar-refractivity contribution >= 4 is 0 Å². The average Bonchev–Trinajstić information content (AvgIpc) is 3.17. The quantitative estimate of drug-likeness (QED) is 0.702. The van der Waals surface area contributed by atoms with Crippen LogP contribution in [0.4, 0.5) is 0 Å². The highest BCUT2D eigenvalue weighted by molar-refractivity contribution is 5.73. The predicted octanol–water partition coefficient (Wildman–Crippen LogP) is 3.86. The molecule has 0 amide bonds. The van der Waals surface area contributed by atoms with Crippen LogP contribution in [0.1, 0.15) is 5.56 Å². The molecule has 1 aliphatic heterocycles. The van der Waals surface area contributed by atoms with Crippen LogP contribution in [0.15, 0.2) is 60.8 Å². The van der Waals surface area contributed by atoms with Gasteiger partial charge in [0.2, 0.25) is 0 Å². The zero-order valence-corrected chi connectivity index (χ0v) is 15.3. The number of nitrogens with zero attached hydrogens (tertiary/aromatic N) is 3. The van der Waals surface area contributed by atoms with E-state index in [1.54, 1.807) is 0 Å². The number of rotatable bonds is 5. The van der Waals surface area contributed by atoms with Crippen LogP contribution in [-0.4, -0.2) is 47.5 Å². The van der Waals surface area contributed by atoms with Gasteiger partial charge in [0, 0.05) is 31.4 Å². The summed E-state index contributed by atoms with van der Waals surface area (Å²) in [5.74, 6) is 0. The zero-order valence-electron chi connectivity index (χ0n) is 15.3. The van der Waals surface area contributed by atoms with Gasteiger partial charge in [-0.2, -0.15) is 5.10 Å². The maximum Gasteiger partial charge on any atom is 0.0923 e. The van der Waals surface area contributed by atoms with Crippen LogP contribution in [0.5, 0.6) is 0 Å². The molecule has 4 rings (SSSR count). The minimum Gasteiger partial charge on any atom is -0.379 e.